The van der Waals surface area contributed by atoms with Crippen molar-refractivity contribution in [3.63, 3.8) is 0 Å². The Bertz CT molecular complexity index is 419. The third-order valence-electron chi connectivity index (χ3n) is 1.39. The molecule has 0 unspecified atom stereocenters. The Kier molecular flexibility index (Phi) is 2.55. The Morgan fingerprint density at radius 3 is 2.79 bits per heavy atom. The first-order valence-corrected chi connectivity index (χ1v) is 4.68. The first-order chi connectivity index (χ1) is 6.84. The van der Waals surface area contributed by atoms with E-state index < -0.39 is 0 Å². The molecule has 2 N–H and O–H groups in total. The number of rotatable bonds is 2. The molecule has 0 atom stereocenters. The zero-order valence-electron chi connectivity index (χ0n) is 7.16. The summed E-state index contributed by atoms with van der Waals surface area (Å²) in [6.45, 7) is 0. The van der Waals surface area contributed by atoms with Gasteiger partial charge in [-0.05, 0) is 17.8 Å². The van der Waals surface area contributed by atoms with Gasteiger partial charge in [-0.25, -0.2) is 15.0 Å². The van der Waals surface area contributed by atoms with Gasteiger partial charge in [0.25, 0.3) is 0 Å². The summed E-state index contributed by atoms with van der Waals surface area (Å²) in [5.74, 6) is 0.450. The van der Waals surface area contributed by atoms with Crippen molar-refractivity contribution in [3.8, 4) is 0 Å². The standard InChI is InChI=1S/C8H7N5S/c9-6-1-2-12-8(13-6)14-7-5-10-3-4-11-7/h1-5H,(H2,9,12,13). The minimum Gasteiger partial charge on any atom is -0.384 e. The molecule has 0 spiro atoms. The summed E-state index contributed by atoms with van der Waals surface area (Å²) in [5.41, 5.74) is 5.51. The largest absolute Gasteiger partial charge is 0.384 e. The second-order valence-electron chi connectivity index (χ2n) is 2.41. The van der Waals surface area contributed by atoms with Crippen LogP contribution < -0.4 is 5.73 Å². The van der Waals surface area contributed by atoms with E-state index in [1.54, 1.807) is 30.9 Å². The number of anilines is 1. The van der Waals surface area contributed by atoms with Crippen molar-refractivity contribution >= 4 is 17.6 Å². The van der Waals surface area contributed by atoms with Crippen LogP contribution in [-0.4, -0.2) is 19.9 Å². The molecule has 6 heteroatoms. The number of aromatic nitrogens is 4. The second kappa shape index (κ2) is 4.01. The zero-order valence-corrected chi connectivity index (χ0v) is 7.98. The van der Waals surface area contributed by atoms with Crippen LogP contribution in [-0.2, 0) is 0 Å². The molecule has 5 nitrogen and oxygen atoms in total. The van der Waals surface area contributed by atoms with Crippen LogP contribution in [0.3, 0.4) is 0 Å². The highest BCUT2D eigenvalue weighted by Crippen LogP contribution is 2.20. The van der Waals surface area contributed by atoms with Gasteiger partial charge in [0.05, 0.1) is 6.20 Å². The van der Waals surface area contributed by atoms with E-state index in [0.717, 1.165) is 5.03 Å². The van der Waals surface area contributed by atoms with Crippen molar-refractivity contribution in [1.82, 2.24) is 19.9 Å². The average molecular weight is 205 g/mol. The molecule has 0 bridgehead atoms. The maximum absolute atomic E-state index is 5.51. The highest BCUT2D eigenvalue weighted by Gasteiger charge is 2.00. The minimum absolute atomic E-state index is 0.450. The topological polar surface area (TPSA) is 77.6 Å². The van der Waals surface area contributed by atoms with Crippen molar-refractivity contribution in [2.45, 2.75) is 10.2 Å². The monoisotopic (exact) mass is 205 g/mol. The van der Waals surface area contributed by atoms with Crippen LogP contribution in [0, 0.1) is 0 Å². The van der Waals surface area contributed by atoms with Gasteiger partial charge in [0.15, 0.2) is 5.16 Å². The lowest BCUT2D eigenvalue weighted by Crippen LogP contribution is -1.93. The van der Waals surface area contributed by atoms with E-state index in [1.165, 1.54) is 11.8 Å². The van der Waals surface area contributed by atoms with Crippen molar-refractivity contribution < 1.29 is 0 Å². The minimum atomic E-state index is 0.450. The van der Waals surface area contributed by atoms with Crippen molar-refractivity contribution in [2.24, 2.45) is 0 Å². The normalized spacial score (nSPS) is 10.0. The second-order valence-corrected chi connectivity index (χ2v) is 3.40. The number of nitrogens with zero attached hydrogens (tertiary/aromatic N) is 4. The van der Waals surface area contributed by atoms with Gasteiger partial charge in [0.2, 0.25) is 0 Å². The highest BCUT2D eigenvalue weighted by molar-refractivity contribution is 7.99. The van der Waals surface area contributed by atoms with Gasteiger partial charge in [-0.2, -0.15) is 0 Å². The van der Waals surface area contributed by atoms with Gasteiger partial charge in [-0.3, -0.25) is 4.98 Å². The molecule has 0 radical (unpaired) electrons. The predicted molar refractivity (Wildman–Crippen MR) is 52.6 cm³/mol. The molecule has 70 valence electrons. The molecule has 2 aromatic heterocycles. The van der Waals surface area contributed by atoms with E-state index in [4.69, 9.17) is 5.73 Å². The number of hydrogen-bond acceptors (Lipinski definition) is 6. The molecule has 2 rings (SSSR count). The van der Waals surface area contributed by atoms with Crippen LogP contribution in [0.2, 0.25) is 0 Å². The fourth-order valence-electron chi connectivity index (χ4n) is 0.835. The Balaban J connectivity index is 2.19. The van der Waals surface area contributed by atoms with Crippen LogP contribution >= 0.6 is 11.8 Å². The summed E-state index contributed by atoms with van der Waals surface area (Å²) in [7, 11) is 0. The lowest BCUT2D eigenvalue weighted by Gasteiger charge is -1.98. The van der Waals surface area contributed by atoms with Crippen molar-refractivity contribution in [3.05, 3.63) is 30.9 Å². The zero-order chi connectivity index (χ0) is 9.80. The first-order valence-electron chi connectivity index (χ1n) is 3.87. The SMILES string of the molecule is Nc1ccnc(Sc2cnccn2)n1. The molecule has 0 fully saturated rings. The molecular formula is C8H7N5S. The molecule has 2 heterocycles. The van der Waals surface area contributed by atoms with Crippen molar-refractivity contribution in [1.29, 1.82) is 0 Å². The average Bonchev–Trinajstić information content (AvgIpc) is 2.19. The van der Waals surface area contributed by atoms with Gasteiger partial charge in [-0.15, -0.1) is 0 Å². The third kappa shape index (κ3) is 2.17. The van der Waals surface area contributed by atoms with Crippen LogP contribution in [0.4, 0.5) is 5.82 Å². The lowest BCUT2D eigenvalue weighted by atomic mass is 10.6. The van der Waals surface area contributed by atoms with Gasteiger partial charge >= 0.3 is 0 Å². The number of nitrogens with two attached hydrogens (primary N) is 1. The van der Waals surface area contributed by atoms with Crippen molar-refractivity contribution in [2.75, 3.05) is 5.73 Å². The fraction of sp³-hybridized carbons (Fsp3) is 0. The highest BCUT2D eigenvalue weighted by atomic mass is 32.2. The summed E-state index contributed by atoms with van der Waals surface area (Å²) in [5, 5.41) is 1.32. The molecular weight excluding hydrogens is 198 g/mol. The van der Waals surface area contributed by atoms with Crippen LogP contribution in [0.1, 0.15) is 0 Å². The van der Waals surface area contributed by atoms with Crippen LogP contribution in [0.5, 0.6) is 0 Å². The molecule has 0 saturated carbocycles. The van der Waals surface area contributed by atoms with E-state index in [1.807, 2.05) is 0 Å². The Hall–Kier alpha value is -1.69. The maximum atomic E-state index is 5.51. The third-order valence-corrected chi connectivity index (χ3v) is 2.19. The van der Waals surface area contributed by atoms with E-state index in [9.17, 15) is 0 Å². The first kappa shape index (κ1) is 8.89. The van der Waals surface area contributed by atoms with E-state index in [0.29, 0.717) is 11.0 Å². The molecule has 0 aromatic carbocycles. The predicted octanol–water partition coefficient (Wildman–Crippen LogP) is 1.00. The van der Waals surface area contributed by atoms with E-state index >= 15 is 0 Å². The molecule has 0 aliphatic heterocycles. The van der Waals surface area contributed by atoms with E-state index in [-0.39, 0.29) is 0 Å². The summed E-state index contributed by atoms with van der Waals surface area (Å²) < 4.78 is 0. The Labute approximate surface area is 84.8 Å². The molecule has 0 aliphatic rings. The number of nitrogen functional groups attached to an aromatic ring is 1. The lowest BCUT2D eigenvalue weighted by molar-refractivity contribution is 0.963. The van der Waals surface area contributed by atoms with Crippen LogP contribution in [0.25, 0.3) is 0 Å². The van der Waals surface area contributed by atoms with Gasteiger partial charge in [0.1, 0.15) is 10.8 Å². The Morgan fingerprint density at radius 2 is 2.07 bits per heavy atom. The van der Waals surface area contributed by atoms with Gasteiger partial charge < -0.3 is 5.73 Å². The molecule has 14 heavy (non-hydrogen) atoms. The van der Waals surface area contributed by atoms with Gasteiger partial charge in [-0.1, -0.05) is 0 Å². The summed E-state index contributed by atoms with van der Waals surface area (Å²) in [6, 6.07) is 1.64. The van der Waals surface area contributed by atoms with Crippen LogP contribution in [0.15, 0.2) is 41.0 Å². The number of hydrogen-bond donors (Lipinski definition) is 1. The summed E-state index contributed by atoms with van der Waals surface area (Å²) >= 11 is 1.33. The quantitative estimate of drug-likeness (QED) is 0.737. The summed E-state index contributed by atoms with van der Waals surface area (Å²) in [6.07, 6.45) is 6.50. The molecule has 2 aromatic rings. The Morgan fingerprint density at radius 1 is 1.14 bits per heavy atom. The summed E-state index contributed by atoms with van der Waals surface area (Å²) in [4.78, 5) is 16.1. The molecule has 0 amide bonds. The maximum Gasteiger partial charge on any atom is 0.195 e. The fourth-order valence-corrected chi connectivity index (χ4v) is 1.51. The van der Waals surface area contributed by atoms with E-state index in [2.05, 4.69) is 19.9 Å². The van der Waals surface area contributed by atoms with Gasteiger partial charge in [0, 0.05) is 18.6 Å². The smallest absolute Gasteiger partial charge is 0.195 e. The molecule has 0 aliphatic carbocycles. The molecule has 0 saturated heterocycles.